The van der Waals surface area contributed by atoms with Crippen LogP contribution in [-0.2, 0) is 23.3 Å². The van der Waals surface area contributed by atoms with Crippen molar-refractivity contribution in [3.63, 3.8) is 0 Å². The van der Waals surface area contributed by atoms with Gasteiger partial charge in [-0.2, -0.15) is 15.5 Å². The number of nitrogens with one attached hydrogen (secondary N) is 1. The lowest BCUT2D eigenvalue weighted by Crippen LogP contribution is -2.56. The molecule has 0 aliphatic carbocycles. The summed E-state index contributed by atoms with van der Waals surface area (Å²) in [5.74, 6) is -0.667. The molecule has 0 aliphatic rings. The summed E-state index contributed by atoms with van der Waals surface area (Å²) in [4.78, 5) is 42.7. The predicted octanol–water partition coefficient (Wildman–Crippen LogP) is 2.66. The van der Waals surface area contributed by atoms with Crippen molar-refractivity contribution in [3.05, 3.63) is 68.4 Å². The van der Waals surface area contributed by atoms with E-state index in [-0.39, 0.29) is 31.0 Å². The van der Waals surface area contributed by atoms with Crippen LogP contribution in [-0.4, -0.2) is 42.7 Å². The van der Waals surface area contributed by atoms with E-state index in [0.29, 0.717) is 26.7 Å². The van der Waals surface area contributed by atoms with Crippen molar-refractivity contribution in [2.24, 2.45) is 0 Å². The lowest BCUT2D eigenvalue weighted by atomic mass is 10.0. The minimum Gasteiger partial charge on any atom is -0.478 e. The van der Waals surface area contributed by atoms with Gasteiger partial charge in [0.2, 0.25) is 5.91 Å². The Morgan fingerprint density at radius 2 is 1.95 bits per heavy atom. The lowest BCUT2D eigenvalue weighted by molar-refractivity contribution is -0.129. The molecule has 39 heavy (non-hydrogen) atoms. The van der Waals surface area contributed by atoms with Crippen molar-refractivity contribution in [1.82, 2.24) is 29.4 Å². The molecule has 1 aromatic carbocycles. The molecule has 0 spiro atoms. The highest BCUT2D eigenvalue weighted by atomic mass is 32.1. The largest absolute Gasteiger partial charge is 0.478 e. The second-order valence-electron chi connectivity index (χ2n) is 9.74. The van der Waals surface area contributed by atoms with E-state index in [2.05, 4.69) is 15.5 Å². The van der Waals surface area contributed by atoms with E-state index in [4.69, 9.17) is 10.00 Å². The first-order chi connectivity index (χ1) is 18.5. The molecule has 0 atom stereocenters. The molecule has 204 valence electrons. The molecule has 0 saturated heterocycles. The summed E-state index contributed by atoms with van der Waals surface area (Å²) in [7, 11) is 0. The van der Waals surface area contributed by atoms with Gasteiger partial charge in [-0.25, -0.2) is 13.8 Å². The van der Waals surface area contributed by atoms with Crippen LogP contribution in [0.3, 0.4) is 0 Å². The van der Waals surface area contributed by atoms with Gasteiger partial charge in [0.1, 0.15) is 33.0 Å². The van der Waals surface area contributed by atoms with Gasteiger partial charge < -0.3 is 10.1 Å². The Morgan fingerprint density at radius 3 is 2.59 bits per heavy atom. The summed E-state index contributed by atoms with van der Waals surface area (Å²) in [6.45, 7) is 8.15. The van der Waals surface area contributed by atoms with Gasteiger partial charge in [0.15, 0.2) is 6.61 Å². The van der Waals surface area contributed by atoms with Crippen molar-refractivity contribution in [1.29, 1.82) is 5.26 Å². The number of benzene rings is 1. The summed E-state index contributed by atoms with van der Waals surface area (Å²) >= 11 is 1.17. The van der Waals surface area contributed by atoms with Gasteiger partial charge in [0.05, 0.1) is 17.8 Å². The van der Waals surface area contributed by atoms with Gasteiger partial charge in [0.25, 0.3) is 5.56 Å². The van der Waals surface area contributed by atoms with Gasteiger partial charge in [-0.1, -0.05) is 11.3 Å². The van der Waals surface area contributed by atoms with Gasteiger partial charge in [-0.3, -0.25) is 14.2 Å². The number of nitriles is 1. The maximum absolute atomic E-state index is 14.1. The minimum atomic E-state index is -1.52. The predicted molar refractivity (Wildman–Crippen MR) is 144 cm³/mol. The fourth-order valence-corrected chi connectivity index (χ4v) is 5.54. The first kappa shape index (κ1) is 27.7. The Labute approximate surface area is 227 Å². The fourth-order valence-electron chi connectivity index (χ4n) is 4.30. The van der Waals surface area contributed by atoms with Crippen molar-refractivity contribution in [2.45, 2.75) is 59.2 Å². The van der Waals surface area contributed by atoms with Crippen LogP contribution in [0.25, 0.3) is 15.2 Å². The Morgan fingerprint density at radius 1 is 1.26 bits per heavy atom. The second kappa shape index (κ2) is 10.8. The molecule has 0 saturated carbocycles. The molecule has 0 aliphatic heterocycles. The van der Waals surface area contributed by atoms with Crippen LogP contribution in [0.2, 0.25) is 0 Å². The molecule has 0 radical (unpaired) electrons. The highest BCUT2D eigenvalue weighted by molar-refractivity contribution is 7.21. The Bertz CT molecular complexity index is 1690. The Kier molecular flexibility index (Phi) is 7.69. The van der Waals surface area contributed by atoms with Gasteiger partial charge in [-0.05, 0) is 64.8 Å². The third-order valence-electron chi connectivity index (χ3n) is 6.24. The Hall–Kier alpha value is -4.31. The molecule has 0 fully saturated rings. The number of amides is 1. The van der Waals surface area contributed by atoms with Crippen molar-refractivity contribution in [2.75, 3.05) is 6.61 Å². The van der Waals surface area contributed by atoms with E-state index in [0.717, 1.165) is 4.57 Å². The topological polar surface area (TPSA) is 137 Å². The van der Waals surface area contributed by atoms with Crippen molar-refractivity contribution < 1.29 is 13.9 Å². The first-order valence-electron chi connectivity index (χ1n) is 12.2. The fraction of sp³-hybridized carbons (Fsp3) is 0.385. The summed E-state index contributed by atoms with van der Waals surface area (Å²) in [6, 6.07) is 5.61. The third kappa shape index (κ3) is 5.20. The number of hydrogen-bond donors (Lipinski definition) is 1. The Balaban J connectivity index is 1.94. The lowest BCUT2D eigenvalue weighted by Gasteiger charge is -2.27. The molecule has 3 aromatic heterocycles. The number of carbonyl (C=O) groups is 1. The number of hydrogen-bond acceptors (Lipinski definition) is 8. The molecule has 0 unspecified atom stereocenters. The number of ether oxygens (including phenoxy) is 1. The number of fused-ring (bicyclic) bond motifs is 1. The van der Waals surface area contributed by atoms with Crippen LogP contribution in [0.15, 0.2) is 40.2 Å². The number of nitrogens with zero attached hydrogens (tertiary/aromatic N) is 6. The number of aromatic nitrogens is 5. The van der Waals surface area contributed by atoms with E-state index in [1.807, 2.05) is 6.07 Å². The number of thiophene rings is 1. The van der Waals surface area contributed by atoms with E-state index in [1.54, 1.807) is 20.8 Å². The standard InChI is InChI=1S/C26H28FN7O4S/c1-15(2)31-24(36)26(4,5)33-21(35)20-16(3)22(34-29-10-11-30-34)39-23(20)32(25(33)37)12-8-17-14-18(27)6-7-19(17)38-13-9-28/h6-7,10-11,14-15H,8,12-13H2,1-5H3,(H,31,36). The van der Waals surface area contributed by atoms with Crippen LogP contribution in [0.1, 0.15) is 38.8 Å². The van der Waals surface area contributed by atoms with E-state index in [9.17, 15) is 18.8 Å². The van der Waals surface area contributed by atoms with Crippen LogP contribution in [0.4, 0.5) is 4.39 Å². The maximum Gasteiger partial charge on any atom is 0.333 e. The third-order valence-corrected chi connectivity index (χ3v) is 7.52. The van der Waals surface area contributed by atoms with Gasteiger partial charge in [-0.15, -0.1) is 4.80 Å². The van der Waals surface area contributed by atoms with Gasteiger partial charge >= 0.3 is 5.69 Å². The molecular formula is C26H28FN7O4S. The number of aryl methyl sites for hydroxylation is 3. The van der Waals surface area contributed by atoms with Crippen molar-refractivity contribution in [3.8, 4) is 16.8 Å². The van der Waals surface area contributed by atoms with E-state index in [1.165, 1.54) is 65.1 Å². The summed E-state index contributed by atoms with van der Waals surface area (Å²) < 4.78 is 21.9. The van der Waals surface area contributed by atoms with Crippen LogP contribution < -0.4 is 21.3 Å². The molecule has 0 bridgehead atoms. The molecule has 4 rings (SSSR count). The van der Waals surface area contributed by atoms with Gasteiger partial charge in [0, 0.05) is 18.2 Å². The smallest absolute Gasteiger partial charge is 0.333 e. The summed E-state index contributed by atoms with van der Waals surface area (Å²) in [6.07, 6.45) is 3.15. The van der Waals surface area contributed by atoms with E-state index >= 15 is 0 Å². The zero-order chi connectivity index (χ0) is 28.5. The average Bonchev–Trinajstić information content (AvgIpc) is 3.51. The maximum atomic E-state index is 14.1. The molecule has 13 heteroatoms. The molecule has 3 heterocycles. The normalized spacial score (nSPS) is 11.6. The summed E-state index contributed by atoms with van der Waals surface area (Å²) in [5.41, 5.74) is -1.81. The number of halogens is 1. The second-order valence-corrected chi connectivity index (χ2v) is 10.7. The molecule has 11 nitrogen and oxygen atoms in total. The molecule has 4 aromatic rings. The average molecular weight is 554 g/mol. The highest BCUT2D eigenvalue weighted by Gasteiger charge is 2.35. The van der Waals surface area contributed by atoms with E-state index < -0.39 is 28.5 Å². The quantitative estimate of drug-likeness (QED) is 0.336. The minimum absolute atomic E-state index is 0.0375. The zero-order valence-corrected chi connectivity index (χ0v) is 23.0. The first-order valence-corrected chi connectivity index (χ1v) is 13.0. The van der Waals surface area contributed by atoms with Crippen LogP contribution >= 0.6 is 11.3 Å². The molecule has 1 amide bonds. The SMILES string of the molecule is Cc1c(-n2nccn2)sc2c1c(=O)n(C(C)(C)C(=O)NC(C)C)c(=O)n2CCc1cc(F)ccc1OCC#N. The van der Waals surface area contributed by atoms with Crippen LogP contribution in [0.5, 0.6) is 5.75 Å². The number of carbonyl (C=O) groups excluding carboxylic acids is 1. The number of rotatable bonds is 9. The monoisotopic (exact) mass is 553 g/mol. The highest BCUT2D eigenvalue weighted by Crippen LogP contribution is 2.31. The molecule has 1 N–H and O–H groups in total. The summed E-state index contributed by atoms with van der Waals surface area (Å²) in [5, 5.41) is 20.8. The zero-order valence-electron chi connectivity index (χ0n) is 22.2. The van der Waals surface area contributed by atoms with Crippen molar-refractivity contribution >= 4 is 27.5 Å². The van der Waals surface area contributed by atoms with Crippen LogP contribution in [0, 0.1) is 24.1 Å². The molecular weight excluding hydrogens is 525 g/mol.